The molecule has 0 spiro atoms. The van der Waals surface area contributed by atoms with Gasteiger partial charge in [0.1, 0.15) is 0 Å². The van der Waals surface area contributed by atoms with Crippen LogP contribution in [0.15, 0.2) is 48.5 Å². The summed E-state index contributed by atoms with van der Waals surface area (Å²) >= 11 is 2.36. The molecule has 1 aliphatic heterocycles. The van der Waals surface area contributed by atoms with Crippen LogP contribution in [-0.4, -0.2) is 18.0 Å². The minimum atomic E-state index is 1.07. The molecule has 1 heterocycles. The second kappa shape index (κ2) is 6.06. The average Bonchev–Trinajstić information content (AvgIpc) is 2.64. The van der Waals surface area contributed by atoms with Crippen molar-refractivity contribution in [2.75, 3.05) is 13.1 Å². The molecule has 2 aromatic rings. The number of benzene rings is 2. The summed E-state index contributed by atoms with van der Waals surface area (Å²) in [4.78, 5) is 2.57. The molecule has 19 heavy (non-hydrogen) atoms. The van der Waals surface area contributed by atoms with Crippen LogP contribution in [0.25, 0.3) is 0 Å². The van der Waals surface area contributed by atoms with Crippen LogP contribution in [0.5, 0.6) is 0 Å². The molecule has 0 bridgehead atoms. The highest BCUT2D eigenvalue weighted by Gasteiger charge is 2.13. The van der Waals surface area contributed by atoms with Gasteiger partial charge < -0.3 is 0 Å². The van der Waals surface area contributed by atoms with Gasteiger partial charge in [0.25, 0.3) is 0 Å². The van der Waals surface area contributed by atoms with Crippen molar-refractivity contribution in [1.82, 2.24) is 4.90 Å². The molecule has 0 unspecified atom stereocenters. The van der Waals surface area contributed by atoms with E-state index in [1.54, 1.807) is 0 Å². The van der Waals surface area contributed by atoms with E-state index in [2.05, 4.69) is 76.0 Å². The molecule has 0 saturated carbocycles. The predicted molar refractivity (Wildman–Crippen MR) is 88.3 cm³/mol. The predicted octanol–water partition coefficient (Wildman–Crippen LogP) is 3.89. The van der Waals surface area contributed by atoms with Crippen LogP contribution < -0.4 is 0 Å². The Kier molecular flexibility index (Phi) is 4.18. The Balaban J connectivity index is 1.67. The van der Waals surface area contributed by atoms with E-state index in [0.29, 0.717) is 0 Å². The van der Waals surface area contributed by atoms with Crippen molar-refractivity contribution in [2.24, 2.45) is 0 Å². The topological polar surface area (TPSA) is 3.24 Å². The van der Waals surface area contributed by atoms with E-state index in [9.17, 15) is 0 Å². The Morgan fingerprint density at radius 3 is 2.00 bits per heavy atom. The zero-order chi connectivity index (χ0) is 13.1. The number of halogens is 1. The lowest BCUT2D eigenvalue weighted by Crippen LogP contribution is -2.25. The average molecular weight is 363 g/mol. The molecular formula is C17H18IN. The van der Waals surface area contributed by atoms with Crippen molar-refractivity contribution >= 4 is 22.6 Å². The SMILES string of the molecule is Ic1ccc(CN2CCc3ccccc3CC2)cc1. The maximum absolute atomic E-state index is 2.57. The summed E-state index contributed by atoms with van der Waals surface area (Å²) in [7, 11) is 0. The molecule has 0 aliphatic carbocycles. The summed E-state index contributed by atoms with van der Waals surface area (Å²) in [5.74, 6) is 0. The highest BCUT2D eigenvalue weighted by atomic mass is 127. The second-order valence-electron chi connectivity index (χ2n) is 5.17. The highest BCUT2D eigenvalue weighted by Crippen LogP contribution is 2.17. The molecule has 0 N–H and O–H groups in total. The van der Waals surface area contributed by atoms with Gasteiger partial charge in [-0.15, -0.1) is 0 Å². The molecule has 0 radical (unpaired) electrons. The van der Waals surface area contributed by atoms with E-state index in [-0.39, 0.29) is 0 Å². The first-order valence-electron chi connectivity index (χ1n) is 6.85. The maximum atomic E-state index is 2.57. The van der Waals surface area contributed by atoms with Gasteiger partial charge in [-0.1, -0.05) is 36.4 Å². The van der Waals surface area contributed by atoms with Gasteiger partial charge >= 0.3 is 0 Å². The summed E-state index contributed by atoms with van der Waals surface area (Å²) in [6.45, 7) is 3.41. The molecule has 1 nitrogen and oxygen atoms in total. The molecule has 0 atom stereocenters. The van der Waals surface area contributed by atoms with Crippen LogP contribution in [-0.2, 0) is 19.4 Å². The fourth-order valence-corrected chi connectivity index (χ4v) is 3.08. The van der Waals surface area contributed by atoms with Gasteiger partial charge in [0, 0.05) is 23.2 Å². The van der Waals surface area contributed by atoms with Crippen molar-refractivity contribution in [2.45, 2.75) is 19.4 Å². The first kappa shape index (κ1) is 13.1. The standard InChI is InChI=1S/C17H18IN/c18-17-7-5-14(6-8-17)13-19-11-9-15-3-1-2-4-16(15)10-12-19/h1-8H,9-13H2. The van der Waals surface area contributed by atoms with Gasteiger partial charge in [-0.05, 0) is 64.3 Å². The Hall–Kier alpha value is -0.870. The molecule has 3 rings (SSSR count). The van der Waals surface area contributed by atoms with Gasteiger partial charge in [0.2, 0.25) is 0 Å². The van der Waals surface area contributed by atoms with Crippen molar-refractivity contribution in [3.8, 4) is 0 Å². The van der Waals surface area contributed by atoms with Gasteiger partial charge in [-0.2, -0.15) is 0 Å². The van der Waals surface area contributed by atoms with Gasteiger partial charge in [-0.25, -0.2) is 0 Å². The third-order valence-electron chi connectivity index (χ3n) is 3.83. The van der Waals surface area contributed by atoms with Gasteiger partial charge in [0.15, 0.2) is 0 Å². The Morgan fingerprint density at radius 2 is 1.42 bits per heavy atom. The van der Waals surface area contributed by atoms with E-state index in [4.69, 9.17) is 0 Å². The summed E-state index contributed by atoms with van der Waals surface area (Å²) in [5.41, 5.74) is 4.49. The number of fused-ring (bicyclic) bond motifs is 1. The number of nitrogens with zero attached hydrogens (tertiary/aromatic N) is 1. The lowest BCUT2D eigenvalue weighted by molar-refractivity contribution is 0.279. The maximum Gasteiger partial charge on any atom is 0.0234 e. The smallest absolute Gasteiger partial charge is 0.0234 e. The third kappa shape index (κ3) is 3.37. The van der Waals surface area contributed by atoms with Crippen LogP contribution in [0, 0.1) is 3.57 Å². The summed E-state index contributed by atoms with van der Waals surface area (Å²) in [6.07, 6.45) is 2.36. The Bertz CT molecular complexity index is 520. The van der Waals surface area contributed by atoms with Gasteiger partial charge in [-0.3, -0.25) is 4.90 Å². The Morgan fingerprint density at radius 1 is 0.842 bits per heavy atom. The molecular weight excluding hydrogens is 345 g/mol. The minimum absolute atomic E-state index is 1.07. The normalized spacial score (nSPS) is 15.8. The third-order valence-corrected chi connectivity index (χ3v) is 4.55. The van der Waals surface area contributed by atoms with Crippen LogP contribution in [0.1, 0.15) is 16.7 Å². The number of rotatable bonds is 2. The van der Waals surface area contributed by atoms with Crippen molar-refractivity contribution in [1.29, 1.82) is 0 Å². The van der Waals surface area contributed by atoms with Crippen LogP contribution in [0.2, 0.25) is 0 Å². The minimum Gasteiger partial charge on any atom is -0.298 e. The zero-order valence-electron chi connectivity index (χ0n) is 11.0. The quantitative estimate of drug-likeness (QED) is 0.732. The summed E-state index contributed by atoms with van der Waals surface area (Å²) in [5, 5.41) is 0. The van der Waals surface area contributed by atoms with E-state index in [0.717, 1.165) is 6.54 Å². The van der Waals surface area contributed by atoms with Crippen molar-refractivity contribution in [3.63, 3.8) is 0 Å². The highest BCUT2D eigenvalue weighted by molar-refractivity contribution is 14.1. The van der Waals surface area contributed by atoms with E-state index < -0.39 is 0 Å². The van der Waals surface area contributed by atoms with Crippen LogP contribution >= 0.6 is 22.6 Å². The fraction of sp³-hybridized carbons (Fsp3) is 0.294. The molecule has 2 aromatic carbocycles. The first-order valence-corrected chi connectivity index (χ1v) is 7.93. The zero-order valence-corrected chi connectivity index (χ0v) is 13.1. The second-order valence-corrected chi connectivity index (χ2v) is 6.42. The molecule has 0 saturated heterocycles. The first-order chi connectivity index (χ1) is 9.31. The number of hydrogen-bond acceptors (Lipinski definition) is 1. The fourth-order valence-electron chi connectivity index (χ4n) is 2.72. The molecule has 0 amide bonds. The monoisotopic (exact) mass is 363 g/mol. The van der Waals surface area contributed by atoms with E-state index >= 15 is 0 Å². The summed E-state index contributed by atoms with van der Waals surface area (Å²) < 4.78 is 1.31. The van der Waals surface area contributed by atoms with Crippen LogP contribution in [0.3, 0.4) is 0 Å². The molecule has 1 aliphatic rings. The molecule has 0 fully saturated rings. The van der Waals surface area contributed by atoms with E-state index in [1.165, 1.54) is 46.2 Å². The van der Waals surface area contributed by atoms with Gasteiger partial charge in [0.05, 0.1) is 0 Å². The number of hydrogen-bond donors (Lipinski definition) is 0. The largest absolute Gasteiger partial charge is 0.298 e. The molecule has 2 heteroatoms. The molecule has 0 aromatic heterocycles. The Labute approximate surface area is 128 Å². The molecule has 98 valence electrons. The van der Waals surface area contributed by atoms with E-state index in [1.807, 2.05) is 0 Å². The van der Waals surface area contributed by atoms with Crippen molar-refractivity contribution < 1.29 is 0 Å². The lowest BCUT2D eigenvalue weighted by Gasteiger charge is -2.19. The summed E-state index contributed by atoms with van der Waals surface area (Å²) in [6, 6.07) is 17.8. The van der Waals surface area contributed by atoms with Crippen LogP contribution in [0.4, 0.5) is 0 Å². The lowest BCUT2D eigenvalue weighted by atomic mass is 10.0. The van der Waals surface area contributed by atoms with Crippen molar-refractivity contribution in [3.05, 3.63) is 68.8 Å².